The maximum atomic E-state index is 13.4. The van der Waals surface area contributed by atoms with E-state index in [0.717, 1.165) is 16.5 Å². The number of esters is 1. The molecule has 6 heteroatoms. The van der Waals surface area contributed by atoms with Crippen LogP contribution in [0.4, 0.5) is 4.39 Å². The van der Waals surface area contributed by atoms with Gasteiger partial charge in [-0.15, -0.1) is 0 Å². The highest BCUT2D eigenvalue weighted by atomic mass is 19.1. The zero-order valence-electron chi connectivity index (χ0n) is 16.7. The Morgan fingerprint density at radius 1 is 1.17 bits per heavy atom. The summed E-state index contributed by atoms with van der Waals surface area (Å²) in [5, 5.41) is 0.773. The Labute approximate surface area is 168 Å². The molecular weight excluding hydrogens is 375 g/mol. The van der Waals surface area contributed by atoms with Gasteiger partial charge in [-0.2, -0.15) is 0 Å². The minimum atomic E-state index is -0.445. The fourth-order valence-corrected chi connectivity index (χ4v) is 3.07. The largest absolute Gasteiger partial charge is 0.488 e. The first-order valence-corrected chi connectivity index (χ1v) is 9.46. The maximum absolute atomic E-state index is 13.4. The molecule has 5 nitrogen and oxygen atoms in total. The van der Waals surface area contributed by atoms with Gasteiger partial charge in [-0.3, -0.25) is 4.79 Å². The smallest absolute Gasteiger partial charge is 0.336 e. The molecule has 2 aromatic carbocycles. The van der Waals surface area contributed by atoms with Gasteiger partial charge < -0.3 is 13.9 Å². The van der Waals surface area contributed by atoms with Crippen molar-refractivity contribution in [1.29, 1.82) is 0 Å². The van der Waals surface area contributed by atoms with Crippen LogP contribution in [-0.4, -0.2) is 12.1 Å². The van der Waals surface area contributed by atoms with E-state index in [1.54, 1.807) is 32.0 Å². The topological polar surface area (TPSA) is 65.7 Å². The highest BCUT2D eigenvalue weighted by Gasteiger charge is 2.14. The van der Waals surface area contributed by atoms with Crippen molar-refractivity contribution in [3.63, 3.8) is 0 Å². The van der Waals surface area contributed by atoms with Gasteiger partial charge in [-0.25, -0.2) is 9.18 Å². The van der Waals surface area contributed by atoms with E-state index < -0.39 is 5.63 Å². The lowest BCUT2D eigenvalue weighted by molar-refractivity contribution is -0.147. The Morgan fingerprint density at radius 2 is 1.97 bits per heavy atom. The van der Waals surface area contributed by atoms with Crippen LogP contribution in [0.3, 0.4) is 0 Å². The SMILES string of the molecule is Cc1cc(=O)oc2cc(OCc3cccc(F)c3)c(CCC(=O)OC(C)C)cc12. The summed E-state index contributed by atoms with van der Waals surface area (Å²) in [7, 11) is 0. The second-order valence-electron chi connectivity index (χ2n) is 7.16. The van der Waals surface area contributed by atoms with Crippen molar-refractivity contribution in [2.75, 3.05) is 0 Å². The van der Waals surface area contributed by atoms with E-state index >= 15 is 0 Å². The highest BCUT2D eigenvalue weighted by Crippen LogP contribution is 2.29. The molecule has 3 aromatic rings. The van der Waals surface area contributed by atoms with Gasteiger partial charge in [0.1, 0.15) is 23.8 Å². The molecule has 0 spiro atoms. The number of ether oxygens (including phenoxy) is 2. The first-order chi connectivity index (χ1) is 13.8. The number of hydrogen-bond donors (Lipinski definition) is 0. The molecule has 3 rings (SSSR count). The summed E-state index contributed by atoms with van der Waals surface area (Å²) >= 11 is 0. The zero-order chi connectivity index (χ0) is 21.0. The van der Waals surface area contributed by atoms with E-state index in [-0.39, 0.29) is 30.9 Å². The molecule has 1 aromatic heterocycles. The van der Waals surface area contributed by atoms with Crippen molar-refractivity contribution in [1.82, 2.24) is 0 Å². The lowest BCUT2D eigenvalue weighted by Gasteiger charge is -2.14. The van der Waals surface area contributed by atoms with Gasteiger partial charge in [0.2, 0.25) is 0 Å². The Balaban J connectivity index is 1.91. The quantitative estimate of drug-likeness (QED) is 0.426. The van der Waals surface area contributed by atoms with Crippen molar-refractivity contribution < 1.29 is 23.1 Å². The number of halogens is 1. The Morgan fingerprint density at radius 3 is 2.69 bits per heavy atom. The van der Waals surface area contributed by atoms with Crippen LogP contribution >= 0.6 is 0 Å². The average Bonchev–Trinajstić information content (AvgIpc) is 2.64. The third-order valence-electron chi connectivity index (χ3n) is 4.38. The van der Waals surface area contributed by atoms with Crippen molar-refractivity contribution in [2.45, 2.75) is 46.3 Å². The normalized spacial score (nSPS) is 11.1. The lowest BCUT2D eigenvalue weighted by Crippen LogP contribution is -2.12. The minimum absolute atomic E-state index is 0.142. The van der Waals surface area contributed by atoms with E-state index in [1.165, 1.54) is 18.2 Å². The number of rotatable bonds is 7. The van der Waals surface area contributed by atoms with Crippen LogP contribution in [0.25, 0.3) is 11.0 Å². The second-order valence-corrected chi connectivity index (χ2v) is 7.16. The summed E-state index contributed by atoms with van der Waals surface area (Å²) in [6.45, 7) is 5.56. The predicted octanol–water partition coefficient (Wildman–Crippen LogP) is 4.70. The van der Waals surface area contributed by atoms with Crippen LogP contribution in [0, 0.1) is 12.7 Å². The third-order valence-corrected chi connectivity index (χ3v) is 4.38. The Hall–Kier alpha value is -3.15. The molecule has 0 radical (unpaired) electrons. The molecule has 1 heterocycles. The van der Waals surface area contributed by atoms with E-state index in [9.17, 15) is 14.0 Å². The number of benzene rings is 2. The van der Waals surface area contributed by atoms with Crippen LogP contribution < -0.4 is 10.4 Å². The van der Waals surface area contributed by atoms with Crippen LogP contribution in [0.15, 0.2) is 51.7 Å². The van der Waals surface area contributed by atoms with E-state index in [2.05, 4.69) is 0 Å². The van der Waals surface area contributed by atoms with Crippen molar-refractivity contribution in [3.05, 3.63) is 75.4 Å². The molecule has 0 fully saturated rings. The molecule has 0 saturated heterocycles. The summed E-state index contributed by atoms with van der Waals surface area (Å²) in [6, 6.07) is 11.1. The molecule has 0 amide bonds. The van der Waals surface area contributed by atoms with Gasteiger partial charge in [0.05, 0.1) is 6.10 Å². The van der Waals surface area contributed by atoms with Crippen LogP contribution in [0.1, 0.15) is 37.0 Å². The fraction of sp³-hybridized carbons (Fsp3) is 0.304. The highest BCUT2D eigenvalue weighted by molar-refractivity contribution is 5.83. The summed E-state index contributed by atoms with van der Waals surface area (Å²) in [5.74, 6) is -0.164. The second kappa shape index (κ2) is 8.90. The summed E-state index contributed by atoms with van der Waals surface area (Å²) in [6.07, 6.45) is 0.410. The number of carbonyl (C=O) groups is 1. The molecule has 29 heavy (non-hydrogen) atoms. The zero-order valence-corrected chi connectivity index (χ0v) is 16.7. The van der Waals surface area contributed by atoms with Crippen molar-refractivity contribution in [3.8, 4) is 5.75 Å². The Kier molecular flexibility index (Phi) is 6.32. The molecule has 0 N–H and O–H groups in total. The summed E-state index contributed by atoms with van der Waals surface area (Å²) in [5.41, 5.74) is 2.18. The number of hydrogen-bond acceptors (Lipinski definition) is 5. The molecule has 0 aliphatic carbocycles. The molecule has 0 saturated carbocycles. The van der Waals surface area contributed by atoms with Gasteiger partial charge in [-0.05, 0) is 62.1 Å². The van der Waals surface area contributed by atoms with Gasteiger partial charge in [-0.1, -0.05) is 12.1 Å². The fourth-order valence-electron chi connectivity index (χ4n) is 3.07. The number of fused-ring (bicyclic) bond motifs is 1. The van der Waals surface area contributed by atoms with Crippen molar-refractivity contribution >= 4 is 16.9 Å². The third kappa shape index (κ3) is 5.44. The summed E-state index contributed by atoms with van der Waals surface area (Å²) < 4.78 is 29.8. The van der Waals surface area contributed by atoms with Gasteiger partial charge >= 0.3 is 11.6 Å². The number of carbonyl (C=O) groups excluding carboxylic acids is 1. The molecule has 0 atom stereocenters. The van der Waals surface area contributed by atoms with Gasteiger partial charge in [0, 0.05) is 23.9 Å². The minimum Gasteiger partial charge on any atom is -0.488 e. The van der Waals surface area contributed by atoms with Crippen molar-refractivity contribution in [2.24, 2.45) is 0 Å². The van der Waals surface area contributed by atoms with Crippen LogP contribution in [0.5, 0.6) is 5.75 Å². The molecular formula is C23H23FO5. The Bertz CT molecular complexity index is 1080. The average molecular weight is 398 g/mol. The predicted molar refractivity (Wildman–Crippen MR) is 108 cm³/mol. The molecule has 0 bridgehead atoms. The first kappa shape index (κ1) is 20.6. The van der Waals surface area contributed by atoms with E-state index in [4.69, 9.17) is 13.9 Å². The number of aryl methyl sites for hydroxylation is 2. The van der Waals surface area contributed by atoms with E-state index in [1.807, 2.05) is 13.0 Å². The maximum Gasteiger partial charge on any atom is 0.336 e. The monoisotopic (exact) mass is 398 g/mol. The first-order valence-electron chi connectivity index (χ1n) is 9.46. The van der Waals surface area contributed by atoms with Gasteiger partial charge in [0.15, 0.2) is 0 Å². The molecule has 152 valence electrons. The standard InChI is InChI=1S/C23H23FO5/c1-14(2)28-22(25)8-7-17-11-19-15(3)9-23(26)29-21(19)12-20(17)27-13-16-5-4-6-18(24)10-16/h4-6,9-12,14H,7-8,13H2,1-3H3. The molecule has 0 unspecified atom stereocenters. The van der Waals surface area contributed by atoms with Crippen LogP contribution in [0.2, 0.25) is 0 Å². The summed E-state index contributed by atoms with van der Waals surface area (Å²) in [4.78, 5) is 23.7. The molecule has 0 aliphatic rings. The van der Waals surface area contributed by atoms with E-state index in [0.29, 0.717) is 23.3 Å². The lowest BCUT2D eigenvalue weighted by atomic mass is 10.0. The molecule has 0 aliphatic heterocycles. The van der Waals surface area contributed by atoms with Crippen LogP contribution in [-0.2, 0) is 22.6 Å². The van der Waals surface area contributed by atoms with Gasteiger partial charge in [0.25, 0.3) is 0 Å².